The molecular formula is C26H19N7O3. The van der Waals surface area contributed by atoms with Crippen LogP contribution in [0.15, 0.2) is 73.1 Å². The molecule has 2 aromatic carbocycles. The van der Waals surface area contributed by atoms with Gasteiger partial charge in [-0.25, -0.2) is 15.0 Å². The van der Waals surface area contributed by atoms with E-state index in [0.717, 1.165) is 5.56 Å². The summed E-state index contributed by atoms with van der Waals surface area (Å²) in [6.45, 7) is 0. The van der Waals surface area contributed by atoms with Gasteiger partial charge in [0.2, 0.25) is 11.9 Å². The number of carbonyl (C=O) groups is 2. The van der Waals surface area contributed by atoms with Gasteiger partial charge in [0.15, 0.2) is 0 Å². The van der Waals surface area contributed by atoms with Crippen LogP contribution in [0, 0.1) is 11.8 Å². The second kappa shape index (κ2) is 9.82. The van der Waals surface area contributed by atoms with Crippen LogP contribution in [0.4, 0.5) is 11.9 Å². The molecule has 3 aromatic heterocycles. The zero-order valence-electron chi connectivity index (χ0n) is 19.0. The van der Waals surface area contributed by atoms with Crippen LogP contribution in [0.3, 0.4) is 0 Å². The summed E-state index contributed by atoms with van der Waals surface area (Å²) in [4.78, 5) is 44.1. The maximum Gasteiger partial charge on any atom is 0.276 e. The number of amides is 2. The molecule has 5 aromatic rings. The van der Waals surface area contributed by atoms with Gasteiger partial charge in [-0.1, -0.05) is 24.1 Å². The Bertz CT molecular complexity index is 1630. The first-order valence-electron chi connectivity index (χ1n) is 10.8. The molecule has 10 heteroatoms. The first-order chi connectivity index (χ1) is 17.6. The highest BCUT2D eigenvalue weighted by Crippen LogP contribution is 2.20. The van der Waals surface area contributed by atoms with Gasteiger partial charge in [-0.15, -0.1) is 0 Å². The molecule has 0 saturated heterocycles. The van der Waals surface area contributed by atoms with Crippen molar-refractivity contribution in [2.45, 2.75) is 0 Å². The zero-order chi connectivity index (χ0) is 24.9. The van der Waals surface area contributed by atoms with Crippen molar-refractivity contribution >= 4 is 34.7 Å². The number of H-pyrrole nitrogens is 2. The summed E-state index contributed by atoms with van der Waals surface area (Å²) >= 11 is 0. The van der Waals surface area contributed by atoms with Gasteiger partial charge < -0.3 is 14.7 Å². The van der Waals surface area contributed by atoms with Crippen LogP contribution in [0.1, 0.15) is 32.1 Å². The number of benzene rings is 2. The fraction of sp³-hybridized carbons (Fsp3) is 0.0385. The van der Waals surface area contributed by atoms with Gasteiger partial charge in [0.05, 0.1) is 18.2 Å². The molecule has 10 nitrogen and oxygen atoms in total. The minimum absolute atomic E-state index is 0.170. The van der Waals surface area contributed by atoms with Crippen LogP contribution in [0.25, 0.3) is 11.0 Å². The van der Waals surface area contributed by atoms with Crippen molar-refractivity contribution in [2.24, 2.45) is 0 Å². The summed E-state index contributed by atoms with van der Waals surface area (Å²) < 4.78 is 5.21. The smallest absolute Gasteiger partial charge is 0.276 e. The number of aromatic amines is 2. The highest BCUT2D eigenvalue weighted by molar-refractivity contribution is 6.11. The molecule has 0 aliphatic carbocycles. The van der Waals surface area contributed by atoms with Crippen molar-refractivity contribution in [3.8, 4) is 17.6 Å². The Morgan fingerprint density at radius 1 is 0.917 bits per heavy atom. The molecule has 3 heterocycles. The average Bonchev–Trinajstić information content (AvgIpc) is 3.57. The molecule has 0 fully saturated rings. The summed E-state index contributed by atoms with van der Waals surface area (Å²) in [5, 5.41) is 5.36. The number of carbonyl (C=O) groups excluding carboxylic acids is 2. The topological polar surface area (TPSA) is 138 Å². The quantitative estimate of drug-likeness (QED) is 0.286. The normalized spacial score (nSPS) is 10.4. The molecule has 176 valence electrons. The average molecular weight is 477 g/mol. The molecule has 36 heavy (non-hydrogen) atoms. The van der Waals surface area contributed by atoms with E-state index < -0.39 is 5.91 Å². The maximum atomic E-state index is 12.8. The number of fused-ring (bicyclic) bond motifs is 1. The summed E-state index contributed by atoms with van der Waals surface area (Å²) in [6.07, 6.45) is 3.14. The molecule has 5 rings (SSSR count). The van der Waals surface area contributed by atoms with Gasteiger partial charge in [0, 0.05) is 18.0 Å². The van der Waals surface area contributed by atoms with E-state index in [1.54, 1.807) is 49.7 Å². The molecule has 0 radical (unpaired) electrons. The molecule has 0 bridgehead atoms. The van der Waals surface area contributed by atoms with Crippen LogP contribution in [-0.2, 0) is 0 Å². The Morgan fingerprint density at radius 3 is 2.58 bits per heavy atom. The van der Waals surface area contributed by atoms with Crippen LogP contribution in [0.5, 0.6) is 5.75 Å². The van der Waals surface area contributed by atoms with Gasteiger partial charge in [-0.3, -0.25) is 20.2 Å². The lowest BCUT2D eigenvalue weighted by molar-refractivity contribution is 0.101. The number of hydrogen-bond acceptors (Lipinski definition) is 6. The van der Waals surface area contributed by atoms with E-state index >= 15 is 0 Å². The number of aromatic nitrogens is 5. The summed E-state index contributed by atoms with van der Waals surface area (Å²) in [7, 11) is 1.59. The van der Waals surface area contributed by atoms with Gasteiger partial charge in [-0.2, -0.15) is 0 Å². The maximum absolute atomic E-state index is 12.8. The first kappa shape index (κ1) is 22.4. The third-order valence-corrected chi connectivity index (χ3v) is 5.11. The SMILES string of the molecule is COc1cccc(C#Cc2cccc(C(=O)Nc3nc4c(C(=O)Nc5ncc[nH]5)cccc4[nH]3)n2)c1. The number of methoxy groups -OCH3 is 1. The standard InChI is InChI=1S/C26H19N7O3/c1-36-18-7-2-5-16(15-18)11-12-17-6-3-10-21(29-17)24(35)33-26-30-20-9-4-8-19(22(20)31-26)23(34)32-25-27-13-14-28-25/h2-10,13-15H,1H3,(H2,27,28,32,34)(H2,30,31,33,35). The van der Waals surface area contributed by atoms with Crippen molar-refractivity contribution in [1.82, 2.24) is 24.9 Å². The van der Waals surface area contributed by atoms with Crippen molar-refractivity contribution in [3.05, 3.63) is 95.6 Å². The number of pyridine rings is 1. The van der Waals surface area contributed by atoms with E-state index in [4.69, 9.17) is 4.74 Å². The third kappa shape index (κ3) is 4.90. The van der Waals surface area contributed by atoms with Gasteiger partial charge in [-0.05, 0) is 48.4 Å². The first-order valence-corrected chi connectivity index (χ1v) is 10.8. The van der Waals surface area contributed by atoms with Crippen molar-refractivity contribution in [3.63, 3.8) is 0 Å². The molecule has 0 spiro atoms. The Kier molecular flexibility index (Phi) is 6.10. The lowest BCUT2D eigenvalue weighted by Gasteiger charge is -2.02. The van der Waals surface area contributed by atoms with Crippen LogP contribution < -0.4 is 15.4 Å². The van der Waals surface area contributed by atoms with Crippen molar-refractivity contribution < 1.29 is 14.3 Å². The molecule has 0 unspecified atom stereocenters. The van der Waals surface area contributed by atoms with E-state index in [-0.39, 0.29) is 17.5 Å². The Balaban J connectivity index is 1.34. The van der Waals surface area contributed by atoms with Gasteiger partial charge >= 0.3 is 0 Å². The summed E-state index contributed by atoms with van der Waals surface area (Å²) in [5.41, 5.74) is 2.69. The summed E-state index contributed by atoms with van der Waals surface area (Å²) in [5.74, 6) is 6.32. The molecule has 0 aliphatic rings. The number of rotatable bonds is 5. The Hall–Kier alpha value is -5.43. The zero-order valence-corrected chi connectivity index (χ0v) is 19.0. The van der Waals surface area contributed by atoms with E-state index in [1.807, 2.05) is 24.3 Å². The molecular weight excluding hydrogens is 458 g/mol. The van der Waals surface area contributed by atoms with Crippen LogP contribution in [0.2, 0.25) is 0 Å². The minimum Gasteiger partial charge on any atom is -0.497 e. The highest BCUT2D eigenvalue weighted by Gasteiger charge is 2.16. The number of nitrogens with zero attached hydrogens (tertiary/aromatic N) is 3. The monoisotopic (exact) mass is 477 g/mol. The van der Waals surface area contributed by atoms with Crippen LogP contribution in [-0.4, -0.2) is 43.8 Å². The molecule has 0 atom stereocenters. The van der Waals surface area contributed by atoms with E-state index in [2.05, 4.69) is 47.4 Å². The number of imidazole rings is 2. The van der Waals surface area contributed by atoms with Gasteiger partial charge in [0.1, 0.15) is 22.7 Å². The number of nitrogens with one attached hydrogen (secondary N) is 4. The minimum atomic E-state index is -0.472. The van der Waals surface area contributed by atoms with Crippen LogP contribution >= 0.6 is 0 Å². The van der Waals surface area contributed by atoms with Crippen molar-refractivity contribution in [1.29, 1.82) is 0 Å². The largest absolute Gasteiger partial charge is 0.497 e. The number of para-hydroxylation sites is 1. The van der Waals surface area contributed by atoms with E-state index in [1.165, 1.54) is 6.20 Å². The number of ether oxygens (including phenoxy) is 1. The lowest BCUT2D eigenvalue weighted by atomic mass is 10.2. The molecule has 4 N–H and O–H groups in total. The van der Waals surface area contributed by atoms with Crippen molar-refractivity contribution in [2.75, 3.05) is 17.7 Å². The lowest BCUT2D eigenvalue weighted by Crippen LogP contribution is -2.15. The molecule has 0 saturated carbocycles. The fourth-order valence-electron chi connectivity index (χ4n) is 3.42. The predicted molar refractivity (Wildman–Crippen MR) is 134 cm³/mol. The highest BCUT2D eigenvalue weighted by atomic mass is 16.5. The number of hydrogen-bond donors (Lipinski definition) is 4. The second-order valence-electron chi connectivity index (χ2n) is 7.52. The Morgan fingerprint density at radius 2 is 1.75 bits per heavy atom. The van der Waals surface area contributed by atoms with E-state index in [9.17, 15) is 9.59 Å². The predicted octanol–water partition coefficient (Wildman–Crippen LogP) is 3.59. The second-order valence-corrected chi connectivity index (χ2v) is 7.52. The summed E-state index contributed by atoms with van der Waals surface area (Å²) in [6, 6.07) is 17.5. The third-order valence-electron chi connectivity index (χ3n) is 5.11. The fourth-order valence-corrected chi connectivity index (χ4v) is 3.42. The number of anilines is 2. The van der Waals surface area contributed by atoms with E-state index in [0.29, 0.717) is 34.0 Å². The molecule has 2 amide bonds. The Labute approximate surface area is 205 Å². The van der Waals surface area contributed by atoms with Gasteiger partial charge in [0.25, 0.3) is 11.8 Å². The molecule has 0 aliphatic heterocycles.